The Morgan fingerprint density at radius 3 is 2.80 bits per heavy atom. The average Bonchev–Trinajstić information content (AvgIpc) is 2.74. The van der Waals surface area contributed by atoms with Gasteiger partial charge in [0.2, 0.25) is 6.33 Å². The summed E-state index contributed by atoms with van der Waals surface area (Å²) < 4.78 is 4.23. The first-order valence-electron chi connectivity index (χ1n) is 5.47. The van der Waals surface area contributed by atoms with Crippen molar-refractivity contribution in [2.75, 3.05) is 0 Å². The Labute approximate surface area is 89.0 Å². The molecule has 0 saturated carbocycles. The lowest BCUT2D eigenvalue weighted by Crippen LogP contribution is -2.39. The number of rotatable bonds is 1. The van der Waals surface area contributed by atoms with E-state index in [2.05, 4.69) is 28.1 Å². The van der Waals surface area contributed by atoms with E-state index in [9.17, 15) is 0 Å². The van der Waals surface area contributed by atoms with Gasteiger partial charge in [-0.1, -0.05) is 22.9 Å². The number of aryl methyl sites for hydroxylation is 2. The van der Waals surface area contributed by atoms with Gasteiger partial charge in [-0.2, -0.15) is 0 Å². The molecule has 76 valence electrons. The summed E-state index contributed by atoms with van der Waals surface area (Å²) >= 11 is 0. The molecule has 1 aromatic heterocycles. The van der Waals surface area contributed by atoms with Crippen molar-refractivity contribution >= 4 is 0 Å². The van der Waals surface area contributed by atoms with Crippen LogP contribution < -0.4 is 4.57 Å². The molecule has 3 nitrogen and oxygen atoms in total. The van der Waals surface area contributed by atoms with Gasteiger partial charge in [-0.15, -0.1) is 0 Å². The minimum absolute atomic E-state index is 1.11. The van der Waals surface area contributed by atoms with Crippen LogP contribution in [0, 0.1) is 0 Å². The highest BCUT2D eigenvalue weighted by Crippen LogP contribution is 2.08. The predicted molar refractivity (Wildman–Crippen MR) is 56.7 cm³/mol. The first-order valence-corrected chi connectivity index (χ1v) is 5.47. The zero-order chi connectivity index (χ0) is 10.1. The molecular weight excluding hydrogens is 186 g/mol. The summed E-state index contributed by atoms with van der Waals surface area (Å²) in [5, 5.41) is 4.60. The smallest absolute Gasteiger partial charge is 0.234 e. The van der Waals surface area contributed by atoms with Crippen molar-refractivity contribution < 1.29 is 4.57 Å². The molecule has 0 aliphatic carbocycles. The fourth-order valence-electron chi connectivity index (χ4n) is 2.06. The third kappa shape index (κ3) is 1.54. The van der Waals surface area contributed by atoms with Crippen molar-refractivity contribution in [1.82, 2.24) is 9.78 Å². The van der Waals surface area contributed by atoms with Gasteiger partial charge in [0.1, 0.15) is 5.69 Å². The third-order valence-electron chi connectivity index (χ3n) is 2.87. The molecular formula is C12H14N3+. The summed E-state index contributed by atoms with van der Waals surface area (Å²) in [5.74, 6) is 1.21. The zero-order valence-corrected chi connectivity index (χ0v) is 8.63. The van der Waals surface area contributed by atoms with Crippen LogP contribution in [0.3, 0.4) is 0 Å². The summed E-state index contributed by atoms with van der Waals surface area (Å²) in [6.45, 7) is 1.11. The van der Waals surface area contributed by atoms with Gasteiger partial charge in [0.15, 0.2) is 0 Å². The second kappa shape index (κ2) is 3.50. The zero-order valence-electron chi connectivity index (χ0n) is 8.63. The third-order valence-corrected chi connectivity index (χ3v) is 2.87. The Morgan fingerprint density at radius 2 is 2.00 bits per heavy atom. The van der Waals surface area contributed by atoms with Crippen LogP contribution in [0.2, 0.25) is 0 Å². The normalized spacial score (nSPS) is 14.9. The van der Waals surface area contributed by atoms with Gasteiger partial charge in [-0.05, 0) is 25.0 Å². The maximum Gasteiger partial charge on any atom is 0.277 e. The number of hydrogen-bond donors (Lipinski definition) is 0. The lowest BCUT2D eigenvalue weighted by molar-refractivity contribution is -0.709. The molecule has 15 heavy (non-hydrogen) atoms. The Balaban J connectivity index is 2.03. The van der Waals surface area contributed by atoms with Gasteiger partial charge in [0.25, 0.3) is 5.82 Å². The molecule has 1 aliphatic heterocycles. The van der Waals surface area contributed by atoms with Crippen LogP contribution in [0.25, 0.3) is 5.69 Å². The first-order chi connectivity index (χ1) is 7.43. The van der Waals surface area contributed by atoms with Crippen LogP contribution in [0.4, 0.5) is 0 Å². The van der Waals surface area contributed by atoms with Crippen LogP contribution in [-0.2, 0) is 13.0 Å². The fourth-order valence-corrected chi connectivity index (χ4v) is 2.06. The molecule has 0 fully saturated rings. The van der Waals surface area contributed by atoms with Gasteiger partial charge < -0.3 is 0 Å². The molecule has 0 bridgehead atoms. The van der Waals surface area contributed by atoms with Gasteiger partial charge >= 0.3 is 0 Å². The Bertz CT molecular complexity index is 435. The van der Waals surface area contributed by atoms with Crippen LogP contribution in [0.5, 0.6) is 0 Å². The number of para-hydroxylation sites is 1. The molecule has 3 rings (SSSR count). The van der Waals surface area contributed by atoms with Crippen LogP contribution in [0.15, 0.2) is 36.7 Å². The molecule has 0 atom stereocenters. The highest BCUT2D eigenvalue weighted by atomic mass is 15.4. The number of nitrogens with zero attached hydrogens (tertiary/aromatic N) is 3. The molecule has 0 N–H and O–H groups in total. The van der Waals surface area contributed by atoms with E-state index in [0.29, 0.717) is 0 Å². The van der Waals surface area contributed by atoms with Crippen molar-refractivity contribution in [3.63, 3.8) is 0 Å². The highest BCUT2D eigenvalue weighted by Gasteiger charge is 2.20. The van der Waals surface area contributed by atoms with E-state index in [1.54, 1.807) is 0 Å². The van der Waals surface area contributed by atoms with E-state index < -0.39 is 0 Å². The molecule has 1 aromatic carbocycles. The van der Waals surface area contributed by atoms with Crippen molar-refractivity contribution in [2.24, 2.45) is 0 Å². The first kappa shape index (κ1) is 8.65. The van der Waals surface area contributed by atoms with E-state index in [1.807, 2.05) is 22.9 Å². The van der Waals surface area contributed by atoms with Crippen molar-refractivity contribution in [3.8, 4) is 5.69 Å². The van der Waals surface area contributed by atoms with E-state index in [4.69, 9.17) is 0 Å². The average molecular weight is 200 g/mol. The molecule has 0 spiro atoms. The molecule has 0 amide bonds. The molecule has 2 heterocycles. The standard InChI is InChI=1S/C12H14N3/c1-2-6-11(7-3-1)15-10-14-9-5-4-8-12(14)13-15/h1-3,6-7,10H,4-5,8-9H2/q+1. The summed E-state index contributed by atoms with van der Waals surface area (Å²) in [5.41, 5.74) is 1.14. The molecule has 1 aliphatic rings. The summed E-state index contributed by atoms with van der Waals surface area (Å²) in [6.07, 6.45) is 5.76. The van der Waals surface area contributed by atoms with Gasteiger partial charge in [0.05, 0.1) is 6.54 Å². The Hall–Kier alpha value is -1.64. The molecule has 0 saturated heterocycles. The number of benzene rings is 1. The number of fused-ring (bicyclic) bond motifs is 1. The summed E-state index contributed by atoms with van der Waals surface area (Å²) in [6, 6.07) is 10.3. The van der Waals surface area contributed by atoms with Gasteiger partial charge in [-0.25, -0.2) is 4.57 Å². The molecule has 0 radical (unpaired) electrons. The predicted octanol–water partition coefficient (Wildman–Crippen LogP) is 1.50. The van der Waals surface area contributed by atoms with E-state index in [-0.39, 0.29) is 0 Å². The van der Waals surface area contributed by atoms with Gasteiger partial charge in [0, 0.05) is 11.5 Å². The van der Waals surface area contributed by atoms with E-state index >= 15 is 0 Å². The number of aromatic nitrogens is 3. The largest absolute Gasteiger partial charge is 0.277 e. The van der Waals surface area contributed by atoms with Crippen LogP contribution in [0.1, 0.15) is 18.7 Å². The van der Waals surface area contributed by atoms with E-state index in [1.165, 1.54) is 18.7 Å². The van der Waals surface area contributed by atoms with Crippen molar-refractivity contribution in [1.29, 1.82) is 0 Å². The maximum absolute atomic E-state index is 4.60. The van der Waals surface area contributed by atoms with Gasteiger partial charge in [-0.3, -0.25) is 0 Å². The highest BCUT2D eigenvalue weighted by molar-refractivity contribution is 5.28. The van der Waals surface area contributed by atoms with Crippen molar-refractivity contribution in [2.45, 2.75) is 25.8 Å². The fraction of sp³-hybridized carbons (Fsp3) is 0.333. The second-order valence-corrected chi connectivity index (χ2v) is 3.96. The SMILES string of the molecule is c1ccc(-n2c[n+]3c(n2)CCCC3)cc1. The molecule has 2 aromatic rings. The lowest BCUT2D eigenvalue weighted by Gasteiger charge is -2.04. The quantitative estimate of drug-likeness (QED) is 0.639. The van der Waals surface area contributed by atoms with Crippen molar-refractivity contribution in [3.05, 3.63) is 42.5 Å². The maximum atomic E-state index is 4.60. The Morgan fingerprint density at radius 1 is 1.13 bits per heavy atom. The topological polar surface area (TPSA) is 21.7 Å². The minimum atomic E-state index is 1.11. The molecule has 3 heteroatoms. The Kier molecular flexibility index (Phi) is 2.02. The summed E-state index contributed by atoms with van der Waals surface area (Å²) in [7, 11) is 0. The summed E-state index contributed by atoms with van der Waals surface area (Å²) in [4.78, 5) is 0. The number of hydrogen-bond acceptors (Lipinski definition) is 1. The van der Waals surface area contributed by atoms with Crippen LogP contribution >= 0.6 is 0 Å². The second-order valence-electron chi connectivity index (χ2n) is 3.96. The van der Waals surface area contributed by atoms with E-state index in [0.717, 1.165) is 18.7 Å². The monoisotopic (exact) mass is 200 g/mol. The van der Waals surface area contributed by atoms with Crippen LogP contribution in [-0.4, -0.2) is 9.78 Å². The minimum Gasteiger partial charge on any atom is -0.234 e. The lowest BCUT2D eigenvalue weighted by atomic mass is 10.2. The molecule has 0 unspecified atom stereocenters.